The first kappa shape index (κ1) is 20.7. The van der Waals surface area contributed by atoms with Gasteiger partial charge in [-0.2, -0.15) is 13.2 Å². The fourth-order valence-electron chi connectivity index (χ4n) is 2.12. The summed E-state index contributed by atoms with van der Waals surface area (Å²) in [7, 11) is 1.28. The molecule has 0 saturated carbocycles. The Balaban J connectivity index is 2.77. The number of nitrogens with zero attached hydrogens (tertiary/aromatic N) is 1. The highest BCUT2D eigenvalue weighted by molar-refractivity contribution is 5.92. The fraction of sp³-hybridized carbons (Fsp3) is 0.444. The number of methoxy groups -OCH3 is 1. The summed E-state index contributed by atoms with van der Waals surface area (Å²) in [4.78, 5) is 25.0. The summed E-state index contributed by atoms with van der Waals surface area (Å²) in [6.07, 6.45) is -1.56. The van der Waals surface area contributed by atoms with Crippen LogP contribution in [0.2, 0.25) is 0 Å². The molecule has 1 aromatic rings. The van der Waals surface area contributed by atoms with Crippen LogP contribution in [-0.2, 0) is 20.5 Å². The smallest absolute Gasteiger partial charge is 0.416 e. The molecule has 0 heterocycles. The maximum absolute atomic E-state index is 12.5. The van der Waals surface area contributed by atoms with E-state index >= 15 is 0 Å². The Morgan fingerprint density at radius 3 is 2.28 bits per heavy atom. The average molecular weight is 357 g/mol. The van der Waals surface area contributed by atoms with Crippen molar-refractivity contribution in [1.82, 2.24) is 4.90 Å². The zero-order chi connectivity index (χ0) is 19.0. The average Bonchev–Trinajstić information content (AvgIpc) is 2.55. The number of ether oxygens (including phenoxy) is 1. The van der Waals surface area contributed by atoms with Gasteiger partial charge in [-0.05, 0) is 29.7 Å². The largest absolute Gasteiger partial charge is 0.469 e. The van der Waals surface area contributed by atoms with Gasteiger partial charge < -0.3 is 9.64 Å². The molecule has 0 atom stereocenters. The van der Waals surface area contributed by atoms with Gasteiger partial charge in [-0.15, -0.1) is 0 Å². The summed E-state index contributed by atoms with van der Waals surface area (Å²) in [5.74, 6) is -0.508. The standard InChI is InChI=1S/C18H22F3NO3/c1-13(2)12-22(11-10-17(24)25-3)16(23)9-6-14-4-7-15(8-5-14)18(19,20)21/h4-9,13H,10-12H2,1-3H3/b9-6+. The van der Waals surface area contributed by atoms with Crippen LogP contribution in [0.3, 0.4) is 0 Å². The highest BCUT2D eigenvalue weighted by Gasteiger charge is 2.29. The van der Waals surface area contributed by atoms with Crippen molar-refractivity contribution in [2.45, 2.75) is 26.4 Å². The predicted octanol–water partition coefficient (Wildman–Crippen LogP) is 3.77. The zero-order valence-electron chi connectivity index (χ0n) is 14.5. The van der Waals surface area contributed by atoms with Gasteiger partial charge in [-0.1, -0.05) is 26.0 Å². The van der Waals surface area contributed by atoms with Crippen LogP contribution in [0.4, 0.5) is 13.2 Å². The number of hydrogen-bond donors (Lipinski definition) is 0. The molecule has 0 aliphatic heterocycles. The summed E-state index contributed by atoms with van der Waals surface area (Å²) in [6.45, 7) is 4.57. The molecular formula is C18H22F3NO3. The molecule has 25 heavy (non-hydrogen) atoms. The lowest BCUT2D eigenvalue weighted by Crippen LogP contribution is -2.34. The third-order valence-electron chi connectivity index (χ3n) is 3.37. The number of benzene rings is 1. The molecule has 1 rings (SSSR count). The highest BCUT2D eigenvalue weighted by atomic mass is 19.4. The molecule has 1 aromatic carbocycles. The molecule has 0 N–H and O–H groups in total. The van der Waals surface area contributed by atoms with Gasteiger partial charge in [0.15, 0.2) is 0 Å². The van der Waals surface area contributed by atoms with Gasteiger partial charge in [-0.3, -0.25) is 9.59 Å². The van der Waals surface area contributed by atoms with E-state index < -0.39 is 17.7 Å². The molecule has 1 amide bonds. The van der Waals surface area contributed by atoms with Crippen LogP contribution < -0.4 is 0 Å². The Morgan fingerprint density at radius 1 is 1.20 bits per heavy atom. The molecule has 0 aromatic heterocycles. The van der Waals surface area contributed by atoms with Crippen molar-refractivity contribution in [3.05, 3.63) is 41.5 Å². The van der Waals surface area contributed by atoms with Crippen molar-refractivity contribution in [1.29, 1.82) is 0 Å². The second kappa shape index (κ2) is 9.25. The van der Waals surface area contributed by atoms with E-state index in [2.05, 4.69) is 4.74 Å². The second-order valence-electron chi connectivity index (χ2n) is 5.96. The first-order valence-corrected chi connectivity index (χ1v) is 7.84. The van der Waals surface area contributed by atoms with Crippen molar-refractivity contribution in [3.8, 4) is 0 Å². The van der Waals surface area contributed by atoms with Gasteiger partial charge in [0, 0.05) is 19.2 Å². The van der Waals surface area contributed by atoms with Gasteiger partial charge in [0.25, 0.3) is 0 Å². The van der Waals surface area contributed by atoms with Crippen LogP contribution in [0.15, 0.2) is 30.3 Å². The van der Waals surface area contributed by atoms with Crippen molar-refractivity contribution in [2.24, 2.45) is 5.92 Å². The lowest BCUT2D eigenvalue weighted by atomic mass is 10.1. The molecule has 0 radical (unpaired) electrons. The quantitative estimate of drug-likeness (QED) is 0.551. The number of hydrogen-bond acceptors (Lipinski definition) is 3. The SMILES string of the molecule is COC(=O)CCN(CC(C)C)C(=O)/C=C/c1ccc(C(F)(F)F)cc1. The minimum Gasteiger partial charge on any atom is -0.469 e. The fourth-order valence-corrected chi connectivity index (χ4v) is 2.12. The molecule has 0 aliphatic carbocycles. The first-order valence-electron chi connectivity index (χ1n) is 7.84. The summed E-state index contributed by atoms with van der Waals surface area (Å²) >= 11 is 0. The van der Waals surface area contributed by atoms with Gasteiger partial charge >= 0.3 is 12.1 Å². The van der Waals surface area contributed by atoms with Crippen LogP contribution in [0.1, 0.15) is 31.4 Å². The molecule has 0 aliphatic rings. The minimum absolute atomic E-state index is 0.0864. The van der Waals surface area contributed by atoms with Crippen molar-refractivity contribution in [2.75, 3.05) is 20.2 Å². The van der Waals surface area contributed by atoms with E-state index in [4.69, 9.17) is 0 Å². The van der Waals surface area contributed by atoms with Crippen LogP contribution >= 0.6 is 0 Å². The van der Waals surface area contributed by atoms with Crippen LogP contribution in [0.5, 0.6) is 0 Å². The predicted molar refractivity (Wildman–Crippen MR) is 88.5 cm³/mol. The Bertz CT molecular complexity index is 607. The topological polar surface area (TPSA) is 46.6 Å². The Kier molecular flexibility index (Phi) is 7.67. The molecule has 0 fully saturated rings. The molecule has 138 valence electrons. The summed E-state index contributed by atoms with van der Waals surface area (Å²) in [5, 5.41) is 0. The number of rotatable bonds is 7. The number of halogens is 3. The maximum atomic E-state index is 12.5. The second-order valence-corrected chi connectivity index (χ2v) is 5.96. The monoisotopic (exact) mass is 357 g/mol. The normalized spacial score (nSPS) is 11.8. The first-order chi connectivity index (χ1) is 11.6. The third kappa shape index (κ3) is 7.41. The van der Waals surface area contributed by atoms with Gasteiger partial charge in [-0.25, -0.2) is 0 Å². The van der Waals surface area contributed by atoms with E-state index in [9.17, 15) is 22.8 Å². The summed E-state index contributed by atoms with van der Waals surface area (Å²) in [6, 6.07) is 4.53. The van der Waals surface area contributed by atoms with Crippen molar-refractivity contribution in [3.63, 3.8) is 0 Å². The number of carbonyl (C=O) groups is 2. The number of amides is 1. The number of carbonyl (C=O) groups excluding carboxylic acids is 2. The molecule has 7 heteroatoms. The maximum Gasteiger partial charge on any atom is 0.416 e. The zero-order valence-corrected chi connectivity index (χ0v) is 14.5. The molecule has 4 nitrogen and oxygen atoms in total. The van der Waals surface area contributed by atoms with E-state index in [0.29, 0.717) is 12.1 Å². The van der Waals surface area contributed by atoms with Crippen LogP contribution in [0, 0.1) is 5.92 Å². The Morgan fingerprint density at radius 2 is 1.80 bits per heavy atom. The Labute approximate surface area is 145 Å². The van der Waals surface area contributed by atoms with Gasteiger partial charge in [0.05, 0.1) is 19.1 Å². The van der Waals surface area contributed by atoms with E-state index in [1.54, 1.807) is 0 Å². The van der Waals surface area contributed by atoms with E-state index in [-0.39, 0.29) is 24.8 Å². The van der Waals surface area contributed by atoms with Crippen LogP contribution in [-0.4, -0.2) is 37.0 Å². The van der Waals surface area contributed by atoms with E-state index in [1.165, 1.54) is 36.3 Å². The summed E-state index contributed by atoms with van der Waals surface area (Å²) in [5.41, 5.74) is -0.255. The number of alkyl halides is 3. The van der Waals surface area contributed by atoms with E-state index in [1.807, 2.05) is 13.8 Å². The minimum atomic E-state index is -4.39. The van der Waals surface area contributed by atoms with Gasteiger partial charge in [0.1, 0.15) is 0 Å². The summed E-state index contributed by atoms with van der Waals surface area (Å²) < 4.78 is 42.1. The van der Waals surface area contributed by atoms with Crippen molar-refractivity contribution < 1.29 is 27.5 Å². The van der Waals surface area contributed by atoms with Crippen molar-refractivity contribution >= 4 is 18.0 Å². The lowest BCUT2D eigenvalue weighted by Gasteiger charge is -2.22. The Hall–Kier alpha value is -2.31. The number of esters is 1. The molecular weight excluding hydrogens is 335 g/mol. The molecule has 0 bridgehead atoms. The molecule has 0 spiro atoms. The highest BCUT2D eigenvalue weighted by Crippen LogP contribution is 2.29. The lowest BCUT2D eigenvalue weighted by molar-refractivity contribution is -0.141. The molecule has 0 unspecified atom stereocenters. The van der Waals surface area contributed by atoms with Crippen LogP contribution in [0.25, 0.3) is 6.08 Å². The third-order valence-corrected chi connectivity index (χ3v) is 3.37. The molecule has 0 saturated heterocycles. The van der Waals surface area contributed by atoms with Gasteiger partial charge in [0.2, 0.25) is 5.91 Å². The van der Waals surface area contributed by atoms with E-state index in [0.717, 1.165) is 12.1 Å².